The van der Waals surface area contributed by atoms with Crippen molar-refractivity contribution in [3.05, 3.63) is 30.1 Å². The number of aromatic amines is 1. The second-order valence-electron chi connectivity index (χ2n) is 4.06. The number of fused-ring (bicyclic) bond motifs is 1. The van der Waals surface area contributed by atoms with Gasteiger partial charge in [0.15, 0.2) is 0 Å². The van der Waals surface area contributed by atoms with Gasteiger partial charge < -0.3 is 10.3 Å². The van der Waals surface area contributed by atoms with Gasteiger partial charge in [0, 0.05) is 6.54 Å². The van der Waals surface area contributed by atoms with Crippen molar-refractivity contribution in [2.45, 2.75) is 25.5 Å². The van der Waals surface area contributed by atoms with E-state index in [1.807, 2.05) is 24.3 Å². The maximum atomic E-state index is 5.26. The Balaban J connectivity index is 1.84. The number of nitrogens with zero attached hydrogens (tertiary/aromatic N) is 1. The lowest BCUT2D eigenvalue weighted by atomic mass is 10.3. The van der Waals surface area contributed by atoms with E-state index < -0.39 is 0 Å². The lowest BCUT2D eigenvalue weighted by Gasteiger charge is -2.04. The Hall–Kier alpha value is -1.07. The number of rotatable bonds is 5. The number of nitrogens with one attached hydrogen (secondary N) is 2. The van der Waals surface area contributed by atoms with E-state index in [4.69, 9.17) is 12.2 Å². The molecule has 0 unspecified atom stereocenters. The average Bonchev–Trinajstić information content (AvgIpc) is 2.79. The Morgan fingerprint density at radius 2 is 2.28 bits per heavy atom. The van der Waals surface area contributed by atoms with Crippen molar-refractivity contribution in [2.75, 3.05) is 6.54 Å². The maximum absolute atomic E-state index is 5.26. The van der Waals surface area contributed by atoms with Crippen LogP contribution in [-0.2, 0) is 5.75 Å². The fourth-order valence-corrected chi connectivity index (χ4v) is 2.51. The molecule has 96 valence electrons. The van der Waals surface area contributed by atoms with E-state index in [0.29, 0.717) is 0 Å². The van der Waals surface area contributed by atoms with Crippen LogP contribution in [0.4, 0.5) is 0 Å². The Labute approximate surface area is 117 Å². The molecule has 5 heteroatoms. The summed E-state index contributed by atoms with van der Waals surface area (Å²) < 4.78 is 0.851. The van der Waals surface area contributed by atoms with Crippen LogP contribution in [0.1, 0.15) is 25.6 Å². The van der Waals surface area contributed by atoms with Crippen molar-refractivity contribution < 1.29 is 0 Å². The monoisotopic (exact) mass is 279 g/mol. The molecule has 0 aliphatic carbocycles. The predicted octanol–water partition coefficient (Wildman–Crippen LogP) is 3.47. The second kappa shape index (κ2) is 6.75. The molecule has 0 aliphatic rings. The summed E-state index contributed by atoms with van der Waals surface area (Å²) in [7, 11) is 0. The molecular weight excluding hydrogens is 262 g/mol. The molecule has 0 fully saturated rings. The zero-order valence-corrected chi connectivity index (χ0v) is 12.0. The normalized spacial score (nSPS) is 10.7. The molecule has 0 aliphatic heterocycles. The van der Waals surface area contributed by atoms with Crippen LogP contribution in [0.25, 0.3) is 11.0 Å². The van der Waals surface area contributed by atoms with Crippen LogP contribution < -0.4 is 5.32 Å². The minimum absolute atomic E-state index is 0.784. The van der Waals surface area contributed by atoms with Gasteiger partial charge in [-0.3, -0.25) is 0 Å². The highest BCUT2D eigenvalue weighted by Crippen LogP contribution is 2.15. The lowest BCUT2D eigenvalue weighted by Crippen LogP contribution is -2.19. The first kappa shape index (κ1) is 13.4. The van der Waals surface area contributed by atoms with Gasteiger partial charge in [0.1, 0.15) is 10.1 Å². The van der Waals surface area contributed by atoms with E-state index in [2.05, 4.69) is 22.2 Å². The van der Waals surface area contributed by atoms with Crippen molar-refractivity contribution in [1.82, 2.24) is 15.3 Å². The molecule has 1 aromatic carbocycles. The molecular formula is C13H17N3S2. The van der Waals surface area contributed by atoms with E-state index in [0.717, 1.165) is 39.9 Å². The van der Waals surface area contributed by atoms with Crippen LogP contribution in [0.15, 0.2) is 24.3 Å². The zero-order valence-electron chi connectivity index (χ0n) is 10.4. The number of benzene rings is 1. The summed E-state index contributed by atoms with van der Waals surface area (Å²) in [4.78, 5) is 7.82. The molecule has 2 N–H and O–H groups in total. The summed E-state index contributed by atoms with van der Waals surface area (Å²) in [6, 6.07) is 8.05. The molecule has 0 saturated heterocycles. The molecule has 3 nitrogen and oxygen atoms in total. The van der Waals surface area contributed by atoms with Crippen LogP contribution in [0.2, 0.25) is 0 Å². The van der Waals surface area contributed by atoms with Crippen molar-refractivity contribution in [3.63, 3.8) is 0 Å². The van der Waals surface area contributed by atoms with Gasteiger partial charge >= 0.3 is 0 Å². The van der Waals surface area contributed by atoms with Gasteiger partial charge in [-0.05, 0) is 18.6 Å². The molecule has 2 rings (SSSR count). The number of hydrogen-bond donors (Lipinski definition) is 2. The largest absolute Gasteiger partial charge is 0.371 e. The molecule has 0 bridgehead atoms. The molecule has 1 aromatic heterocycles. The summed E-state index contributed by atoms with van der Waals surface area (Å²) in [5, 5.41) is 3.24. The topological polar surface area (TPSA) is 40.7 Å². The molecule has 1 heterocycles. The van der Waals surface area contributed by atoms with E-state index >= 15 is 0 Å². The van der Waals surface area contributed by atoms with Gasteiger partial charge in [0.2, 0.25) is 0 Å². The fourth-order valence-electron chi connectivity index (χ4n) is 1.63. The third-order valence-electron chi connectivity index (χ3n) is 2.58. The Morgan fingerprint density at radius 1 is 1.44 bits per heavy atom. The van der Waals surface area contributed by atoms with Crippen molar-refractivity contribution >= 4 is 39.3 Å². The number of imidazole rings is 1. The van der Waals surface area contributed by atoms with E-state index in [1.165, 1.54) is 6.42 Å². The van der Waals surface area contributed by atoms with Gasteiger partial charge in [-0.15, -0.1) is 0 Å². The van der Waals surface area contributed by atoms with Gasteiger partial charge in [0.05, 0.1) is 16.8 Å². The molecule has 18 heavy (non-hydrogen) atoms. The average molecular weight is 279 g/mol. The number of H-pyrrole nitrogens is 1. The number of unbranched alkanes of at least 4 members (excludes halogenated alkanes) is 1. The number of thiocarbonyl (C=S) groups is 1. The first-order valence-corrected chi connectivity index (χ1v) is 7.53. The highest BCUT2D eigenvalue weighted by atomic mass is 32.2. The predicted molar refractivity (Wildman–Crippen MR) is 82.9 cm³/mol. The minimum atomic E-state index is 0.784. The molecule has 2 aromatic rings. The first-order chi connectivity index (χ1) is 8.79. The summed E-state index contributed by atoms with van der Waals surface area (Å²) >= 11 is 6.88. The molecule has 0 saturated carbocycles. The van der Waals surface area contributed by atoms with Crippen LogP contribution in [0, 0.1) is 0 Å². The third-order valence-corrected chi connectivity index (χ3v) is 3.90. The Kier molecular flexibility index (Phi) is 5.01. The number of aromatic nitrogens is 2. The highest BCUT2D eigenvalue weighted by Gasteiger charge is 2.03. The summed E-state index contributed by atoms with van der Waals surface area (Å²) in [5.41, 5.74) is 2.09. The number of para-hydroxylation sites is 2. The summed E-state index contributed by atoms with van der Waals surface area (Å²) in [5.74, 6) is 1.76. The fraction of sp³-hybridized carbons (Fsp3) is 0.385. The highest BCUT2D eigenvalue weighted by molar-refractivity contribution is 8.22. The first-order valence-electron chi connectivity index (χ1n) is 6.14. The van der Waals surface area contributed by atoms with E-state index in [1.54, 1.807) is 11.8 Å². The standard InChI is InChI=1S/C13H17N3S2/c1-2-3-8-14-13(17)18-9-12-15-10-6-4-5-7-11(10)16-12/h4-7H,2-3,8-9H2,1H3,(H,14,17)(H,15,16). The third kappa shape index (κ3) is 3.71. The van der Waals surface area contributed by atoms with Crippen molar-refractivity contribution in [1.29, 1.82) is 0 Å². The van der Waals surface area contributed by atoms with Gasteiger partial charge in [-0.1, -0.05) is 49.5 Å². The zero-order chi connectivity index (χ0) is 12.8. The molecule has 0 amide bonds. The second-order valence-corrected chi connectivity index (χ2v) is 5.71. The van der Waals surface area contributed by atoms with Gasteiger partial charge in [-0.2, -0.15) is 0 Å². The summed E-state index contributed by atoms with van der Waals surface area (Å²) in [6.07, 6.45) is 2.34. The quantitative estimate of drug-likeness (QED) is 0.649. The van der Waals surface area contributed by atoms with Crippen LogP contribution in [0.5, 0.6) is 0 Å². The van der Waals surface area contributed by atoms with Crippen molar-refractivity contribution in [2.24, 2.45) is 0 Å². The van der Waals surface area contributed by atoms with E-state index in [-0.39, 0.29) is 0 Å². The van der Waals surface area contributed by atoms with Crippen molar-refractivity contribution in [3.8, 4) is 0 Å². The van der Waals surface area contributed by atoms with Gasteiger partial charge in [-0.25, -0.2) is 4.98 Å². The Morgan fingerprint density at radius 3 is 3.06 bits per heavy atom. The van der Waals surface area contributed by atoms with Crippen LogP contribution in [-0.4, -0.2) is 20.8 Å². The lowest BCUT2D eigenvalue weighted by molar-refractivity contribution is 0.762. The molecule has 0 spiro atoms. The summed E-state index contributed by atoms with van der Waals surface area (Å²) in [6.45, 7) is 3.13. The molecule has 0 atom stereocenters. The van der Waals surface area contributed by atoms with Crippen LogP contribution in [0.3, 0.4) is 0 Å². The SMILES string of the molecule is CCCCNC(=S)SCc1nc2ccccc2[nH]1. The smallest absolute Gasteiger partial charge is 0.134 e. The van der Waals surface area contributed by atoms with Crippen LogP contribution >= 0.6 is 24.0 Å². The maximum Gasteiger partial charge on any atom is 0.134 e. The van der Waals surface area contributed by atoms with Gasteiger partial charge in [0.25, 0.3) is 0 Å². The van der Waals surface area contributed by atoms with E-state index in [9.17, 15) is 0 Å². The Bertz CT molecular complexity index is 489. The number of thioether (sulfide) groups is 1. The molecule has 0 radical (unpaired) electrons. The number of hydrogen-bond acceptors (Lipinski definition) is 3. The minimum Gasteiger partial charge on any atom is -0.371 e.